The summed E-state index contributed by atoms with van der Waals surface area (Å²) >= 11 is 0. The molecule has 1 rings (SSSR count). The molecule has 1 aromatic carbocycles. The molecule has 0 fully saturated rings. The van der Waals surface area contributed by atoms with Gasteiger partial charge in [0.15, 0.2) is 0 Å². The summed E-state index contributed by atoms with van der Waals surface area (Å²) in [5, 5.41) is 3.44. The molecule has 0 amide bonds. The van der Waals surface area contributed by atoms with Gasteiger partial charge in [-0.1, -0.05) is 45.0 Å². The second kappa shape index (κ2) is 6.35. The predicted molar refractivity (Wildman–Crippen MR) is 79.7 cm³/mol. The largest absolute Gasteiger partial charge is 0.313 e. The van der Waals surface area contributed by atoms with Crippen molar-refractivity contribution < 1.29 is 0 Å². The summed E-state index contributed by atoms with van der Waals surface area (Å²) in [5.74, 6) is 0. The lowest BCUT2D eigenvalue weighted by Crippen LogP contribution is -2.22. The highest BCUT2D eigenvalue weighted by Crippen LogP contribution is 2.29. The van der Waals surface area contributed by atoms with Crippen molar-refractivity contribution in [3.8, 4) is 0 Å². The third-order valence-electron chi connectivity index (χ3n) is 3.02. The summed E-state index contributed by atoms with van der Waals surface area (Å²) in [6.07, 6.45) is 1.15. The van der Waals surface area contributed by atoms with Crippen LogP contribution in [0.2, 0.25) is 0 Å². The lowest BCUT2D eigenvalue weighted by molar-refractivity contribution is 0.320. The normalized spacial score (nSPS) is 13.9. The monoisotopic (exact) mass is 248 g/mol. The molecule has 0 saturated carbocycles. The van der Waals surface area contributed by atoms with E-state index in [0.717, 1.165) is 13.0 Å². The average Bonchev–Trinajstić information content (AvgIpc) is 2.24. The molecule has 1 atom stereocenters. The molecule has 2 heteroatoms. The van der Waals surface area contributed by atoms with Crippen LogP contribution in [0.3, 0.4) is 0 Å². The van der Waals surface area contributed by atoms with E-state index in [1.54, 1.807) is 0 Å². The van der Waals surface area contributed by atoms with E-state index in [1.807, 2.05) is 0 Å². The van der Waals surface area contributed by atoms with Gasteiger partial charge in [0, 0.05) is 12.6 Å². The van der Waals surface area contributed by atoms with E-state index >= 15 is 0 Å². The Labute approximate surface area is 112 Å². The van der Waals surface area contributed by atoms with E-state index in [4.69, 9.17) is 0 Å². The molecular weight excluding hydrogens is 220 g/mol. The fourth-order valence-electron chi connectivity index (χ4n) is 2.27. The predicted octanol–water partition coefficient (Wildman–Crippen LogP) is 3.44. The van der Waals surface area contributed by atoms with Crippen molar-refractivity contribution >= 4 is 0 Å². The minimum Gasteiger partial charge on any atom is -0.313 e. The molecule has 102 valence electrons. The second-order valence-corrected chi connectivity index (χ2v) is 6.59. The molecule has 1 unspecified atom stereocenters. The highest BCUT2D eigenvalue weighted by molar-refractivity contribution is 5.26. The minimum atomic E-state index is 0.339. The molecular formula is C16H28N2. The van der Waals surface area contributed by atoms with Gasteiger partial charge in [0.05, 0.1) is 0 Å². The molecule has 0 aliphatic heterocycles. The Morgan fingerprint density at radius 2 is 1.89 bits per heavy atom. The van der Waals surface area contributed by atoms with Crippen molar-refractivity contribution in [2.24, 2.45) is 5.41 Å². The van der Waals surface area contributed by atoms with E-state index in [9.17, 15) is 0 Å². The first-order valence-corrected chi connectivity index (χ1v) is 6.72. The zero-order valence-corrected chi connectivity index (χ0v) is 12.7. The van der Waals surface area contributed by atoms with Crippen LogP contribution in [0, 0.1) is 5.41 Å². The lowest BCUT2D eigenvalue weighted by Gasteiger charge is -2.26. The molecule has 1 N–H and O–H groups in total. The Morgan fingerprint density at radius 1 is 1.22 bits per heavy atom. The zero-order valence-electron chi connectivity index (χ0n) is 12.7. The van der Waals surface area contributed by atoms with Crippen molar-refractivity contribution in [3.05, 3.63) is 35.4 Å². The van der Waals surface area contributed by atoms with Gasteiger partial charge in [-0.25, -0.2) is 0 Å². The number of nitrogens with one attached hydrogen (secondary N) is 1. The Bertz CT molecular complexity index is 364. The van der Waals surface area contributed by atoms with Crippen LogP contribution in [0.4, 0.5) is 0 Å². The Hall–Kier alpha value is -0.860. The van der Waals surface area contributed by atoms with Gasteiger partial charge in [-0.05, 0) is 44.1 Å². The maximum atomic E-state index is 3.44. The second-order valence-electron chi connectivity index (χ2n) is 6.59. The lowest BCUT2D eigenvalue weighted by atomic mass is 9.85. The van der Waals surface area contributed by atoms with Crippen LogP contribution >= 0.6 is 0 Å². The molecule has 18 heavy (non-hydrogen) atoms. The van der Waals surface area contributed by atoms with E-state index in [1.165, 1.54) is 11.1 Å². The summed E-state index contributed by atoms with van der Waals surface area (Å²) < 4.78 is 0. The molecule has 0 aliphatic carbocycles. The average molecular weight is 248 g/mol. The van der Waals surface area contributed by atoms with Gasteiger partial charge in [-0.15, -0.1) is 0 Å². The van der Waals surface area contributed by atoms with Gasteiger partial charge in [-0.2, -0.15) is 0 Å². The highest BCUT2D eigenvalue weighted by Gasteiger charge is 2.18. The Kier molecular flexibility index (Phi) is 5.36. The first kappa shape index (κ1) is 15.2. The van der Waals surface area contributed by atoms with E-state index in [-0.39, 0.29) is 0 Å². The summed E-state index contributed by atoms with van der Waals surface area (Å²) in [4.78, 5) is 2.21. The quantitative estimate of drug-likeness (QED) is 0.858. The first-order valence-electron chi connectivity index (χ1n) is 6.72. The third kappa shape index (κ3) is 5.19. The van der Waals surface area contributed by atoms with Gasteiger partial charge in [0.2, 0.25) is 0 Å². The maximum absolute atomic E-state index is 3.44. The smallest absolute Gasteiger partial charge is 0.0322 e. The number of hydrogen-bond donors (Lipinski definition) is 1. The van der Waals surface area contributed by atoms with E-state index in [2.05, 4.69) is 76.4 Å². The molecule has 0 radical (unpaired) electrons. The van der Waals surface area contributed by atoms with Gasteiger partial charge < -0.3 is 10.2 Å². The standard InChI is InChI=1S/C16H28N2/c1-16(2,3)11-15(17-4)14-9-7-8-13(10-14)12-18(5)6/h7-10,15,17H,11-12H2,1-6H3. The van der Waals surface area contributed by atoms with Gasteiger partial charge in [0.25, 0.3) is 0 Å². The van der Waals surface area contributed by atoms with Crippen molar-refractivity contribution in [3.63, 3.8) is 0 Å². The first-order chi connectivity index (χ1) is 8.31. The van der Waals surface area contributed by atoms with Crippen LogP contribution in [0.25, 0.3) is 0 Å². The minimum absolute atomic E-state index is 0.339. The molecule has 0 saturated heterocycles. The van der Waals surface area contributed by atoms with Crippen LogP contribution in [0.15, 0.2) is 24.3 Å². The van der Waals surface area contributed by atoms with Crippen LogP contribution in [-0.2, 0) is 6.54 Å². The summed E-state index contributed by atoms with van der Waals surface area (Å²) in [7, 11) is 6.27. The number of hydrogen-bond acceptors (Lipinski definition) is 2. The third-order valence-corrected chi connectivity index (χ3v) is 3.02. The summed E-state index contributed by atoms with van der Waals surface area (Å²) in [6.45, 7) is 7.88. The summed E-state index contributed by atoms with van der Waals surface area (Å²) in [6, 6.07) is 9.36. The Morgan fingerprint density at radius 3 is 2.39 bits per heavy atom. The van der Waals surface area contributed by atoms with Crippen LogP contribution in [0.1, 0.15) is 44.4 Å². The molecule has 2 nitrogen and oxygen atoms in total. The van der Waals surface area contributed by atoms with Gasteiger partial charge in [0.1, 0.15) is 0 Å². The fraction of sp³-hybridized carbons (Fsp3) is 0.625. The molecule has 0 aromatic heterocycles. The molecule has 1 aromatic rings. The molecule has 0 spiro atoms. The SMILES string of the molecule is CNC(CC(C)(C)C)c1cccc(CN(C)C)c1. The van der Waals surface area contributed by atoms with Crippen LogP contribution < -0.4 is 5.32 Å². The van der Waals surface area contributed by atoms with Crippen molar-refractivity contribution in [1.29, 1.82) is 0 Å². The molecule has 0 bridgehead atoms. The maximum Gasteiger partial charge on any atom is 0.0322 e. The zero-order chi connectivity index (χ0) is 13.8. The van der Waals surface area contributed by atoms with Crippen LogP contribution in [-0.4, -0.2) is 26.0 Å². The molecule has 0 heterocycles. The van der Waals surface area contributed by atoms with Crippen LogP contribution in [0.5, 0.6) is 0 Å². The van der Waals surface area contributed by atoms with Crippen molar-refractivity contribution in [1.82, 2.24) is 10.2 Å². The fourth-order valence-corrected chi connectivity index (χ4v) is 2.27. The number of benzene rings is 1. The number of nitrogens with zero attached hydrogens (tertiary/aromatic N) is 1. The van der Waals surface area contributed by atoms with E-state index in [0.29, 0.717) is 11.5 Å². The highest BCUT2D eigenvalue weighted by atomic mass is 15.0. The van der Waals surface area contributed by atoms with Crippen molar-refractivity contribution in [2.75, 3.05) is 21.1 Å². The molecule has 0 aliphatic rings. The van der Waals surface area contributed by atoms with Gasteiger partial charge in [-0.3, -0.25) is 0 Å². The van der Waals surface area contributed by atoms with E-state index < -0.39 is 0 Å². The topological polar surface area (TPSA) is 15.3 Å². The van der Waals surface area contributed by atoms with Crippen molar-refractivity contribution in [2.45, 2.75) is 39.8 Å². The van der Waals surface area contributed by atoms with Gasteiger partial charge >= 0.3 is 0 Å². The summed E-state index contributed by atoms with van der Waals surface area (Å²) in [5.41, 5.74) is 3.11. The number of rotatable bonds is 5. The Balaban J connectivity index is 2.86.